The van der Waals surface area contributed by atoms with Crippen molar-refractivity contribution < 1.29 is 4.79 Å². The van der Waals surface area contributed by atoms with Gasteiger partial charge < -0.3 is 5.73 Å². The lowest BCUT2D eigenvalue weighted by atomic mass is 10.0. The zero-order valence-electron chi connectivity index (χ0n) is 11.1. The van der Waals surface area contributed by atoms with E-state index in [2.05, 4.69) is 15.8 Å². The zero-order chi connectivity index (χ0) is 12.7. The Balaban J connectivity index is 0. The summed E-state index contributed by atoms with van der Waals surface area (Å²) in [6, 6.07) is 3.31. The minimum Gasteiger partial charge on any atom is -0.320 e. The van der Waals surface area contributed by atoms with E-state index in [4.69, 9.17) is 5.73 Å². The van der Waals surface area contributed by atoms with Crippen LogP contribution in [0.4, 0.5) is 0 Å². The lowest BCUT2D eigenvalue weighted by molar-refractivity contribution is -0.123. The summed E-state index contributed by atoms with van der Waals surface area (Å²) in [6.45, 7) is 4.64. The number of nitrogens with zero attached hydrogens (tertiary/aromatic N) is 1. The molecule has 4 N–H and O–H groups in total. The van der Waals surface area contributed by atoms with E-state index < -0.39 is 6.04 Å². The van der Waals surface area contributed by atoms with Crippen LogP contribution >= 0.6 is 24.8 Å². The van der Waals surface area contributed by atoms with Gasteiger partial charge in [0, 0.05) is 18.9 Å². The van der Waals surface area contributed by atoms with E-state index in [0.29, 0.717) is 18.9 Å². The number of nitrogens with one attached hydrogen (secondary N) is 2. The second-order valence-corrected chi connectivity index (χ2v) is 4.43. The molecule has 1 unspecified atom stereocenters. The maximum absolute atomic E-state index is 11.6. The Kier molecular flexibility index (Phi) is 11.8. The van der Waals surface area contributed by atoms with Gasteiger partial charge in [-0.2, -0.15) is 0 Å². The van der Waals surface area contributed by atoms with Gasteiger partial charge in [-0.3, -0.25) is 15.2 Å². The number of hydrogen-bond donors (Lipinski definition) is 3. The Bertz CT molecular complexity index is 349. The number of amides is 1. The second kappa shape index (κ2) is 11.0. The van der Waals surface area contributed by atoms with E-state index in [1.807, 2.05) is 26.0 Å². The Morgan fingerprint density at radius 1 is 1.32 bits per heavy atom. The number of halogens is 2. The van der Waals surface area contributed by atoms with Crippen molar-refractivity contribution in [1.29, 1.82) is 0 Å². The van der Waals surface area contributed by atoms with Crippen molar-refractivity contribution in [2.75, 3.05) is 0 Å². The molecule has 1 aromatic rings. The Morgan fingerprint density at radius 2 is 1.89 bits per heavy atom. The first-order valence-corrected chi connectivity index (χ1v) is 5.76. The van der Waals surface area contributed by atoms with Gasteiger partial charge >= 0.3 is 0 Å². The van der Waals surface area contributed by atoms with Gasteiger partial charge in [-0.15, -0.1) is 24.8 Å². The summed E-state index contributed by atoms with van der Waals surface area (Å²) in [5, 5.41) is 0. The fraction of sp³-hybridized carbons (Fsp3) is 0.500. The maximum Gasteiger partial charge on any atom is 0.250 e. The highest BCUT2D eigenvalue weighted by molar-refractivity contribution is 5.85. The van der Waals surface area contributed by atoms with Crippen LogP contribution in [0.25, 0.3) is 0 Å². The van der Waals surface area contributed by atoms with Crippen LogP contribution in [0.15, 0.2) is 24.5 Å². The van der Waals surface area contributed by atoms with E-state index in [1.54, 1.807) is 12.4 Å². The summed E-state index contributed by atoms with van der Waals surface area (Å²) in [5.41, 5.74) is 12.2. The van der Waals surface area contributed by atoms with Crippen molar-refractivity contribution in [3.05, 3.63) is 30.1 Å². The van der Waals surface area contributed by atoms with Crippen LogP contribution in [0.2, 0.25) is 0 Å². The van der Waals surface area contributed by atoms with Gasteiger partial charge in [0.2, 0.25) is 0 Å². The zero-order valence-corrected chi connectivity index (χ0v) is 12.8. The average Bonchev–Trinajstić information content (AvgIpc) is 2.29. The molecule has 1 heterocycles. The number of aromatic nitrogens is 1. The quantitative estimate of drug-likeness (QED) is 0.694. The summed E-state index contributed by atoms with van der Waals surface area (Å²) in [6.07, 6.45) is 4.11. The number of carbonyl (C=O) groups excluding carboxylic acids is 1. The number of carbonyl (C=O) groups is 1. The second-order valence-electron chi connectivity index (χ2n) is 4.43. The van der Waals surface area contributed by atoms with Crippen LogP contribution in [-0.2, 0) is 11.3 Å². The predicted molar refractivity (Wildman–Crippen MR) is 81.1 cm³/mol. The predicted octanol–water partition coefficient (Wildman–Crippen LogP) is 1.42. The van der Waals surface area contributed by atoms with Gasteiger partial charge in [-0.25, -0.2) is 5.43 Å². The molecule has 0 saturated carbocycles. The molecule has 1 atom stereocenters. The summed E-state index contributed by atoms with van der Waals surface area (Å²) in [7, 11) is 0. The number of hydrazine groups is 1. The average molecular weight is 309 g/mol. The van der Waals surface area contributed by atoms with Crippen molar-refractivity contribution in [1.82, 2.24) is 15.8 Å². The highest BCUT2D eigenvalue weighted by Crippen LogP contribution is 2.02. The summed E-state index contributed by atoms with van der Waals surface area (Å²) < 4.78 is 0. The van der Waals surface area contributed by atoms with Crippen molar-refractivity contribution in [3.63, 3.8) is 0 Å². The van der Waals surface area contributed by atoms with E-state index in [-0.39, 0.29) is 30.7 Å². The molecule has 0 fully saturated rings. The van der Waals surface area contributed by atoms with Crippen LogP contribution in [0.1, 0.15) is 25.8 Å². The molecule has 0 radical (unpaired) electrons. The molecule has 0 spiro atoms. The highest BCUT2D eigenvalue weighted by Gasteiger charge is 2.13. The third-order valence-corrected chi connectivity index (χ3v) is 2.32. The summed E-state index contributed by atoms with van der Waals surface area (Å²) in [5.74, 6) is 0.240. The minimum atomic E-state index is -0.458. The van der Waals surface area contributed by atoms with Gasteiger partial charge in [0.1, 0.15) is 0 Å². The minimum absolute atomic E-state index is 0. The maximum atomic E-state index is 11.6. The van der Waals surface area contributed by atoms with Crippen LogP contribution < -0.4 is 16.6 Å². The Labute approximate surface area is 126 Å². The molecule has 110 valence electrons. The molecule has 0 aromatic carbocycles. The molecule has 7 heteroatoms. The van der Waals surface area contributed by atoms with Crippen LogP contribution in [0.3, 0.4) is 0 Å². The van der Waals surface area contributed by atoms with Crippen molar-refractivity contribution >= 4 is 30.7 Å². The van der Waals surface area contributed by atoms with Gasteiger partial charge in [-0.05, 0) is 30.0 Å². The molecule has 5 nitrogen and oxygen atoms in total. The smallest absolute Gasteiger partial charge is 0.250 e. The van der Waals surface area contributed by atoms with Gasteiger partial charge in [0.25, 0.3) is 5.91 Å². The van der Waals surface area contributed by atoms with Crippen molar-refractivity contribution in [3.8, 4) is 0 Å². The molecule has 1 rings (SSSR count). The normalized spacial score (nSPS) is 11.2. The van der Waals surface area contributed by atoms with E-state index in [1.165, 1.54) is 0 Å². The largest absolute Gasteiger partial charge is 0.320 e. The number of nitrogens with two attached hydrogens (primary N) is 1. The molecule has 0 bridgehead atoms. The molecule has 0 saturated heterocycles. The van der Waals surface area contributed by atoms with Crippen LogP contribution in [0.5, 0.6) is 0 Å². The molecular weight excluding hydrogens is 287 g/mol. The molecule has 0 aliphatic rings. The van der Waals surface area contributed by atoms with Crippen molar-refractivity contribution in [2.45, 2.75) is 32.9 Å². The number of pyridine rings is 1. The Morgan fingerprint density at radius 3 is 2.42 bits per heavy atom. The van der Waals surface area contributed by atoms with E-state index in [0.717, 1.165) is 5.56 Å². The lowest BCUT2D eigenvalue weighted by Crippen LogP contribution is -2.47. The molecule has 1 aromatic heterocycles. The monoisotopic (exact) mass is 308 g/mol. The van der Waals surface area contributed by atoms with Crippen LogP contribution in [-0.4, -0.2) is 16.9 Å². The molecular formula is C12H22Cl2N4O. The topological polar surface area (TPSA) is 80.0 Å². The molecule has 1 amide bonds. The third-order valence-electron chi connectivity index (χ3n) is 2.32. The SMILES string of the molecule is CC(C)CC(N)C(=O)NNCc1ccncc1.Cl.Cl. The Hall–Kier alpha value is -0.880. The first-order valence-electron chi connectivity index (χ1n) is 5.76. The van der Waals surface area contributed by atoms with Gasteiger partial charge in [0.05, 0.1) is 6.04 Å². The standard InChI is InChI=1S/C12H20N4O.2ClH/c1-9(2)7-11(13)12(17)16-15-8-10-3-5-14-6-4-10;;/h3-6,9,11,15H,7-8,13H2,1-2H3,(H,16,17);2*1H. The molecule has 0 aliphatic heterocycles. The third kappa shape index (κ3) is 8.77. The molecule has 0 aliphatic carbocycles. The van der Waals surface area contributed by atoms with Gasteiger partial charge in [0.15, 0.2) is 0 Å². The van der Waals surface area contributed by atoms with Gasteiger partial charge in [-0.1, -0.05) is 13.8 Å². The lowest BCUT2D eigenvalue weighted by Gasteiger charge is -2.14. The summed E-state index contributed by atoms with van der Waals surface area (Å²) >= 11 is 0. The number of hydrogen-bond acceptors (Lipinski definition) is 4. The van der Waals surface area contributed by atoms with Crippen LogP contribution in [0, 0.1) is 5.92 Å². The number of rotatable bonds is 6. The fourth-order valence-corrected chi connectivity index (χ4v) is 1.44. The fourth-order valence-electron chi connectivity index (χ4n) is 1.44. The first-order chi connectivity index (χ1) is 8.09. The van der Waals surface area contributed by atoms with Crippen molar-refractivity contribution in [2.24, 2.45) is 11.7 Å². The first kappa shape index (κ1) is 20.4. The van der Waals surface area contributed by atoms with E-state index in [9.17, 15) is 4.79 Å². The molecule has 19 heavy (non-hydrogen) atoms. The summed E-state index contributed by atoms with van der Waals surface area (Å²) in [4.78, 5) is 15.5. The highest BCUT2D eigenvalue weighted by atomic mass is 35.5. The van der Waals surface area contributed by atoms with E-state index >= 15 is 0 Å².